The van der Waals surface area contributed by atoms with Gasteiger partial charge in [-0.25, -0.2) is 0 Å². The zero-order valence-electron chi connectivity index (χ0n) is 16.0. The second kappa shape index (κ2) is 11.4. The van der Waals surface area contributed by atoms with Crippen molar-refractivity contribution in [3.8, 4) is 5.75 Å². The number of hydrogen-bond acceptors (Lipinski definition) is 4. The highest BCUT2D eigenvalue weighted by atomic mass is 35.5. The molecule has 0 atom stereocenters. The SMILES string of the molecule is COc1ccc(N(C)SC)cc1.Clc1cccc(CCN2CCCC2)c1. The summed E-state index contributed by atoms with van der Waals surface area (Å²) >= 11 is 7.61. The van der Waals surface area contributed by atoms with E-state index in [-0.39, 0.29) is 0 Å². The largest absolute Gasteiger partial charge is 0.497 e. The van der Waals surface area contributed by atoms with E-state index in [1.807, 2.05) is 49.7 Å². The molecule has 26 heavy (non-hydrogen) atoms. The topological polar surface area (TPSA) is 15.7 Å². The first-order chi connectivity index (χ1) is 12.6. The highest BCUT2D eigenvalue weighted by Crippen LogP contribution is 2.21. The van der Waals surface area contributed by atoms with Crippen molar-refractivity contribution in [2.24, 2.45) is 0 Å². The molecule has 1 fully saturated rings. The first-order valence-corrected chi connectivity index (χ1v) is 10.6. The van der Waals surface area contributed by atoms with Crippen molar-refractivity contribution in [1.29, 1.82) is 0 Å². The van der Waals surface area contributed by atoms with Gasteiger partial charge in [-0.2, -0.15) is 0 Å². The smallest absolute Gasteiger partial charge is 0.119 e. The quantitative estimate of drug-likeness (QED) is 0.612. The number of rotatable bonds is 6. The van der Waals surface area contributed by atoms with E-state index in [4.69, 9.17) is 16.3 Å². The number of ether oxygens (including phenoxy) is 1. The average Bonchev–Trinajstić information content (AvgIpc) is 3.20. The van der Waals surface area contributed by atoms with Crippen LogP contribution in [0.5, 0.6) is 5.75 Å². The van der Waals surface area contributed by atoms with Crippen LogP contribution in [-0.4, -0.2) is 44.9 Å². The Bertz CT molecular complexity index is 645. The van der Waals surface area contributed by atoms with Crippen molar-refractivity contribution in [2.45, 2.75) is 19.3 Å². The Balaban J connectivity index is 0.000000190. The number of nitrogens with zero attached hydrogens (tertiary/aromatic N) is 2. The Labute approximate surface area is 167 Å². The molecule has 0 unspecified atom stereocenters. The third-order valence-corrected chi connectivity index (χ3v) is 5.51. The Kier molecular flexibility index (Phi) is 9.16. The number of methoxy groups -OCH3 is 1. The van der Waals surface area contributed by atoms with Gasteiger partial charge in [-0.1, -0.05) is 35.7 Å². The predicted octanol–water partition coefficient (Wildman–Crippen LogP) is 5.39. The summed E-state index contributed by atoms with van der Waals surface area (Å²) in [6, 6.07) is 16.2. The number of hydrogen-bond donors (Lipinski definition) is 0. The molecule has 3 rings (SSSR count). The van der Waals surface area contributed by atoms with Crippen molar-refractivity contribution in [3.05, 3.63) is 59.1 Å². The van der Waals surface area contributed by atoms with E-state index in [9.17, 15) is 0 Å². The second-order valence-corrected chi connectivity index (χ2v) is 7.66. The summed E-state index contributed by atoms with van der Waals surface area (Å²) in [5.74, 6) is 0.897. The molecule has 1 aliphatic rings. The van der Waals surface area contributed by atoms with Crippen LogP contribution < -0.4 is 9.04 Å². The third kappa shape index (κ3) is 7.10. The van der Waals surface area contributed by atoms with Gasteiger partial charge in [-0.05, 0) is 74.3 Å². The van der Waals surface area contributed by atoms with Crippen LogP contribution in [0.1, 0.15) is 18.4 Å². The van der Waals surface area contributed by atoms with Crippen molar-refractivity contribution in [2.75, 3.05) is 44.4 Å². The zero-order valence-corrected chi connectivity index (χ0v) is 17.5. The minimum atomic E-state index is 0.851. The van der Waals surface area contributed by atoms with Gasteiger partial charge in [0.15, 0.2) is 0 Å². The molecule has 0 saturated carbocycles. The molecule has 1 saturated heterocycles. The number of likely N-dealkylation sites (tertiary alicyclic amines) is 1. The van der Waals surface area contributed by atoms with Gasteiger partial charge in [0.05, 0.1) is 7.11 Å². The molecule has 0 spiro atoms. The van der Waals surface area contributed by atoms with Crippen LogP contribution in [0.3, 0.4) is 0 Å². The van der Waals surface area contributed by atoms with Gasteiger partial charge in [0.25, 0.3) is 0 Å². The lowest BCUT2D eigenvalue weighted by Crippen LogP contribution is -2.21. The van der Waals surface area contributed by atoms with Gasteiger partial charge in [-0.15, -0.1) is 0 Å². The van der Waals surface area contributed by atoms with E-state index in [2.05, 4.69) is 21.3 Å². The van der Waals surface area contributed by atoms with E-state index >= 15 is 0 Å². The molecule has 5 heteroatoms. The minimum absolute atomic E-state index is 0.851. The van der Waals surface area contributed by atoms with Crippen molar-refractivity contribution >= 4 is 29.2 Å². The van der Waals surface area contributed by atoms with Gasteiger partial charge in [0.1, 0.15) is 5.75 Å². The fourth-order valence-electron chi connectivity index (χ4n) is 2.88. The Morgan fingerprint density at radius 2 is 1.81 bits per heavy atom. The lowest BCUT2D eigenvalue weighted by Gasteiger charge is -2.14. The van der Waals surface area contributed by atoms with Crippen LogP contribution in [0.4, 0.5) is 5.69 Å². The van der Waals surface area contributed by atoms with Crippen LogP contribution in [0, 0.1) is 0 Å². The Hall–Kier alpha value is -1.36. The fourth-order valence-corrected chi connectivity index (χ4v) is 3.43. The second-order valence-electron chi connectivity index (χ2n) is 6.31. The average molecular weight is 393 g/mol. The Morgan fingerprint density at radius 3 is 2.38 bits per heavy atom. The third-order valence-electron chi connectivity index (χ3n) is 4.51. The molecule has 2 aromatic carbocycles. The Morgan fingerprint density at radius 1 is 1.12 bits per heavy atom. The monoisotopic (exact) mass is 392 g/mol. The fraction of sp³-hybridized carbons (Fsp3) is 0.429. The van der Waals surface area contributed by atoms with Gasteiger partial charge < -0.3 is 13.9 Å². The van der Waals surface area contributed by atoms with E-state index in [0.29, 0.717) is 0 Å². The summed E-state index contributed by atoms with van der Waals surface area (Å²) in [5.41, 5.74) is 2.53. The number of halogens is 1. The van der Waals surface area contributed by atoms with Crippen LogP contribution in [-0.2, 0) is 6.42 Å². The molecule has 0 radical (unpaired) electrons. The zero-order chi connectivity index (χ0) is 18.8. The maximum absolute atomic E-state index is 5.93. The van der Waals surface area contributed by atoms with Crippen LogP contribution in [0.25, 0.3) is 0 Å². The van der Waals surface area contributed by atoms with Gasteiger partial charge in [0, 0.05) is 30.6 Å². The molecule has 142 valence electrons. The molecular formula is C21H29ClN2OS. The summed E-state index contributed by atoms with van der Waals surface area (Å²) in [7, 11) is 3.71. The molecule has 2 aromatic rings. The highest BCUT2D eigenvalue weighted by Gasteiger charge is 2.10. The van der Waals surface area contributed by atoms with Crippen LogP contribution in [0.15, 0.2) is 48.5 Å². The maximum atomic E-state index is 5.93. The minimum Gasteiger partial charge on any atom is -0.497 e. The van der Waals surface area contributed by atoms with E-state index in [1.165, 1.54) is 43.7 Å². The van der Waals surface area contributed by atoms with E-state index in [0.717, 1.165) is 17.2 Å². The molecule has 0 amide bonds. The van der Waals surface area contributed by atoms with Crippen LogP contribution in [0.2, 0.25) is 5.02 Å². The molecular weight excluding hydrogens is 364 g/mol. The lowest BCUT2D eigenvalue weighted by molar-refractivity contribution is 0.343. The summed E-state index contributed by atoms with van der Waals surface area (Å²) in [5, 5.41) is 0.851. The summed E-state index contributed by atoms with van der Waals surface area (Å²) in [6.07, 6.45) is 5.91. The standard InChI is InChI=1S/C12H16ClN.C9H13NOS/c13-12-5-3-4-11(10-12)6-9-14-7-1-2-8-14;1-10(12-3)8-4-6-9(11-2)7-5-8/h3-5,10H,1-2,6-9H2;4-7H,1-3H3. The predicted molar refractivity (Wildman–Crippen MR) is 116 cm³/mol. The first kappa shape index (κ1) is 20.9. The van der Waals surface area contributed by atoms with E-state index in [1.54, 1.807) is 19.1 Å². The number of anilines is 1. The van der Waals surface area contributed by atoms with Crippen LogP contribution >= 0.6 is 23.5 Å². The molecule has 1 aliphatic heterocycles. The maximum Gasteiger partial charge on any atom is 0.119 e. The summed E-state index contributed by atoms with van der Waals surface area (Å²) in [6.45, 7) is 3.74. The van der Waals surface area contributed by atoms with Gasteiger partial charge in [-0.3, -0.25) is 0 Å². The first-order valence-electron chi connectivity index (χ1n) is 9.01. The van der Waals surface area contributed by atoms with Crippen molar-refractivity contribution < 1.29 is 4.74 Å². The molecule has 0 bridgehead atoms. The van der Waals surface area contributed by atoms with Crippen molar-refractivity contribution in [3.63, 3.8) is 0 Å². The molecule has 0 aromatic heterocycles. The molecule has 3 nitrogen and oxygen atoms in total. The molecule has 0 N–H and O–H groups in total. The normalized spacial score (nSPS) is 13.8. The van der Waals surface area contributed by atoms with Gasteiger partial charge in [0.2, 0.25) is 0 Å². The lowest BCUT2D eigenvalue weighted by atomic mass is 10.1. The van der Waals surface area contributed by atoms with Gasteiger partial charge >= 0.3 is 0 Å². The highest BCUT2D eigenvalue weighted by molar-refractivity contribution is 7.99. The van der Waals surface area contributed by atoms with Crippen molar-refractivity contribution in [1.82, 2.24) is 4.90 Å². The molecule has 1 heterocycles. The number of benzene rings is 2. The van der Waals surface area contributed by atoms with E-state index < -0.39 is 0 Å². The summed E-state index contributed by atoms with van der Waals surface area (Å²) < 4.78 is 7.15. The summed E-state index contributed by atoms with van der Waals surface area (Å²) in [4.78, 5) is 2.53. The molecule has 0 aliphatic carbocycles.